The Morgan fingerprint density at radius 1 is 1.20 bits per heavy atom. The van der Waals surface area contributed by atoms with Gasteiger partial charge in [-0.1, -0.05) is 43.6 Å². The first kappa shape index (κ1) is 15.8. The molecule has 0 rings (SSSR count). The fourth-order valence-corrected chi connectivity index (χ4v) is 4.02. The normalized spacial score (nSPS) is 13.8. The summed E-state index contributed by atoms with van der Waals surface area (Å²) in [6, 6.07) is 0. The van der Waals surface area contributed by atoms with E-state index in [1.165, 1.54) is 31.1 Å². The third-order valence-electron chi connectivity index (χ3n) is 2.92. The van der Waals surface area contributed by atoms with Gasteiger partial charge < -0.3 is 4.90 Å². The molecule has 0 amide bonds. The third-order valence-corrected chi connectivity index (χ3v) is 4.89. The minimum Gasteiger partial charge on any atom is -0.303 e. The maximum atomic E-state index is 3.60. The van der Waals surface area contributed by atoms with Gasteiger partial charge in [-0.05, 0) is 30.7 Å². The van der Waals surface area contributed by atoms with Gasteiger partial charge in [-0.15, -0.1) is 0 Å². The second-order valence-electron chi connectivity index (χ2n) is 4.26. The maximum Gasteiger partial charge on any atom is 0.00721 e. The van der Waals surface area contributed by atoms with E-state index in [9.17, 15) is 0 Å². The summed E-state index contributed by atoms with van der Waals surface area (Å²) in [6.45, 7) is 12.7. The Bertz CT molecular complexity index is 138. The van der Waals surface area contributed by atoms with Gasteiger partial charge in [-0.2, -0.15) is 11.8 Å². The Morgan fingerprint density at radius 3 is 2.20 bits per heavy atom. The highest BCUT2D eigenvalue weighted by atomic mass is 79.9. The molecule has 0 saturated carbocycles. The van der Waals surface area contributed by atoms with Crippen LogP contribution in [0.4, 0.5) is 0 Å². The van der Waals surface area contributed by atoms with Gasteiger partial charge in [0.1, 0.15) is 0 Å². The first-order valence-corrected chi connectivity index (χ1v) is 8.29. The molecule has 0 saturated heterocycles. The van der Waals surface area contributed by atoms with Crippen LogP contribution in [0, 0.1) is 11.8 Å². The van der Waals surface area contributed by atoms with Crippen molar-refractivity contribution in [2.24, 2.45) is 11.8 Å². The third kappa shape index (κ3) is 7.64. The van der Waals surface area contributed by atoms with Crippen LogP contribution in [0.25, 0.3) is 0 Å². The predicted octanol–water partition coefficient (Wildman–Crippen LogP) is 3.73. The van der Waals surface area contributed by atoms with Crippen LogP contribution in [0.2, 0.25) is 0 Å². The molecule has 1 atom stereocenters. The highest BCUT2D eigenvalue weighted by Crippen LogP contribution is 2.19. The van der Waals surface area contributed by atoms with Gasteiger partial charge in [-0.3, -0.25) is 0 Å². The van der Waals surface area contributed by atoms with E-state index in [-0.39, 0.29) is 0 Å². The van der Waals surface area contributed by atoms with Crippen LogP contribution in [-0.2, 0) is 0 Å². The second kappa shape index (κ2) is 9.98. The van der Waals surface area contributed by atoms with Crippen LogP contribution in [0.3, 0.4) is 0 Å². The minimum absolute atomic E-state index is 0.797. The summed E-state index contributed by atoms with van der Waals surface area (Å²) in [5.41, 5.74) is 0. The molecule has 0 aliphatic heterocycles. The quantitative estimate of drug-likeness (QED) is 0.471. The van der Waals surface area contributed by atoms with Crippen molar-refractivity contribution < 1.29 is 0 Å². The SMILES string of the molecule is CCN(CC)CCSCC(CBr)C(C)C. The fraction of sp³-hybridized carbons (Fsp3) is 1.00. The second-order valence-corrected chi connectivity index (χ2v) is 6.06. The van der Waals surface area contributed by atoms with Gasteiger partial charge in [-0.25, -0.2) is 0 Å². The Hall–Kier alpha value is 0.790. The van der Waals surface area contributed by atoms with Crippen LogP contribution < -0.4 is 0 Å². The molecule has 0 aromatic heterocycles. The zero-order valence-electron chi connectivity index (χ0n) is 10.6. The van der Waals surface area contributed by atoms with Crippen molar-refractivity contribution in [1.82, 2.24) is 4.90 Å². The lowest BCUT2D eigenvalue weighted by Crippen LogP contribution is -2.25. The highest BCUT2D eigenvalue weighted by Gasteiger charge is 2.11. The van der Waals surface area contributed by atoms with E-state index in [1.807, 2.05) is 0 Å². The van der Waals surface area contributed by atoms with E-state index in [0.717, 1.165) is 17.2 Å². The van der Waals surface area contributed by atoms with E-state index in [0.29, 0.717) is 0 Å². The van der Waals surface area contributed by atoms with Crippen LogP contribution in [-0.4, -0.2) is 41.4 Å². The van der Waals surface area contributed by atoms with E-state index in [2.05, 4.69) is 60.3 Å². The van der Waals surface area contributed by atoms with E-state index < -0.39 is 0 Å². The fourth-order valence-electron chi connectivity index (χ4n) is 1.38. The zero-order valence-corrected chi connectivity index (χ0v) is 13.0. The van der Waals surface area contributed by atoms with Crippen molar-refractivity contribution in [2.45, 2.75) is 27.7 Å². The number of thioether (sulfide) groups is 1. The molecule has 0 aliphatic rings. The maximum absolute atomic E-state index is 3.60. The molecule has 0 aromatic rings. The van der Waals surface area contributed by atoms with E-state index in [1.54, 1.807) is 0 Å². The number of hydrogen-bond acceptors (Lipinski definition) is 2. The molecule has 92 valence electrons. The van der Waals surface area contributed by atoms with Gasteiger partial charge in [0.15, 0.2) is 0 Å². The van der Waals surface area contributed by atoms with E-state index >= 15 is 0 Å². The van der Waals surface area contributed by atoms with Crippen LogP contribution in [0.5, 0.6) is 0 Å². The molecule has 0 fully saturated rings. The van der Waals surface area contributed by atoms with E-state index in [4.69, 9.17) is 0 Å². The van der Waals surface area contributed by atoms with Gasteiger partial charge in [0.05, 0.1) is 0 Å². The Labute approximate surface area is 109 Å². The Morgan fingerprint density at radius 2 is 1.80 bits per heavy atom. The smallest absolute Gasteiger partial charge is 0.00721 e. The summed E-state index contributed by atoms with van der Waals surface area (Å²) in [7, 11) is 0. The molecule has 0 bridgehead atoms. The summed E-state index contributed by atoms with van der Waals surface area (Å²) in [5, 5.41) is 1.14. The lowest BCUT2D eigenvalue weighted by molar-refractivity contribution is 0.323. The molecule has 3 heteroatoms. The molecule has 1 unspecified atom stereocenters. The van der Waals surface area contributed by atoms with Crippen molar-refractivity contribution in [1.29, 1.82) is 0 Å². The number of hydrogen-bond donors (Lipinski definition) is 0. The molecule has 0 radical (unpaired) electrons. The monoisotopic (exact) mass is 295 g/mol. The Kier molecular flexibility index (Phi) is 10.5. The van der Waals surface area contributed by atoms with Crippen molar-refractivity contribution >= 4 is 27.7 Å². The molecule has 0 aliphatic carbocycles. The summed E-state index contributed by atoms with van der Waals surface area (Å²) in [5.74, 6) is 4.19. The highest BCUT2D eigenvalue weighted by molar-refractivity contribution is 9.09. The largest absolute Gasteiger partial charge is 0.303 e. The Balaban J connectivity index is 3.51. The van der Waals surface area contributed by atoms with Gasteiger partial charge >= 0.3 is 0 Å². The number of rotatable bonds is 9. The van der Waals surface area contributed by atoms with Crippen LogP contribution in [0.15, 0.2) is 0 Å². The average Bonchev–Trinajstić information content (AvgIpc) is 2.23. The van der Waals surface area contributed by atoms with Gasteiger partial charge in [0, 0.05) is 17.6 Å². The van der Waals surface area contributed by atoms with Crippen molar-refractivity contribution in [3.05, 3.63) is 0 Å². The predicted molar refractivity (Wildman–Crippen MR) is 77.2 cm³/mol. The molecule has 0 spiro atoms. The van der Waals surface area contributed by atoms with Crippen LogP contribution >= 0.6 is 27.7 Å². The number of halogens is 1. The summed E-state index contributed by atoms with van der Waals surface area (Å²) >= 11 is 5.70. The van der Waals surface area contributed by atoms with Crippen molar-refractivity contribution in [3.63, 3.8) is 0 Å². The summed E-state index contributed by atoms with van der Waals surface area (Å²) in [6.07, 6.45) is 0. The molecule has 0 N–H and O–H groups in total. The lowest BCUT2D eigenvalue weighted by atomic mass is 10.0. The summed E-state index contributed by atoms with van der Waals surface area (Å²) < 4.78 is 0. The number of nitrogens with zero attached hydrogens (tertiary/aromatic N) is 1. The van der Waals surface area contributed by atoms with Crippen LogP contribution in [0.1, 0.15) is 27.7 Å². The summed E-state index contributed by atoms with van der Waals surface area (Å²) in [4.78, 5) is 2.49. The lowest BCUT2D eigenvalue weighted by Gasteiger charge is -2.20. The molecule has 1 nitrogen and oxygen atoms in total. The van der Waals surface area contributed by atoms with Gasteiger partial charge in [0.2, 0.25) is 0 Å². The topological polar surface area (TPSA) is 3.24 Å². The average molecular weight is 296 g/mol. The molecule has 0 aromatic carbocycles. The molecule has 15 heavy (non-hydrogen) atoms. The molecule has 0 heterocycles. The standard InChI is InChI=1S/C12H26BrNS/c1-5-14(6-2)7-8-15-10-12(9-13)11(3)4/h11-12H,5-10H2,1-4H3. The van der Waals surface area contributed by atoms with Crippen molar-refractivity contribution in [2.75, 3.05) is 36.5 Å². The first-order valence-electron chi connectivity index (χ1n) is 6.01. The zero-order chi connectivity index (χ0) is 11.7. The molecular formula is C12H26BrNS. The molecular weight excluding hydrogens is 270 g/mol. The number of alkyl halides is 1. The van der Waals surface area contributed by atoms with Crippen molar-refractivity contribution in [3.8, 4) is 0 Å². The first-order chi connectivity index (χ1) is 7.15. The minimum atomic E-state index is 0.797. The van der Waals surface area contributed by atoms with Gasteiger partial charge in [0.25, 0.3) is 0 Å².